The Labute approximate surface area is 141 Å². The molecule has 2 heterocycles. The van der Waals surface area contributed by atoms with Crippen molar-refractivity contribution in [3.63, 3.8) is 0 Å². The molecular weight excluding hydrogens is 322 g/mol. The zero-order valence-corrected chi connectivity index (χ0v) is 13.3. The maximum atomic E-state index is 12.4. The second-order valence-corrected chi connectivity index (χ2v) is 6.29. The van der Waals surface area contributed by atoms with Crippen LogP contribution in [-0.4, -0.2) is 15.2 Å². The molecule has 24 heavy (non-hydrogen) atoms. The number of hydrogen-bond donors (Lipinski definition) is 3. The number of aromatic nitrogens is 1. The largest absolute Gasteiger partial charge is 0.507 e. The van der Waals surface area contributed by atoms with Crippen molar-refractivity contribution in [3.05, 3.63) is 70.3 Å². The maximum Gasteiger partial charge on any atom is 0.260 e. The summed E-state index contributed by atoms with van der Waals surface area (Å²) in [5.74, 6) is 0.0588. The first-order chi connectivity index (χ1) is 11.7. The monoisotopic (exact) mass is 335 g/mol. The van der Waals surface area contributed by atoms with E-state index in [9.17, 15) is 15.0 Å². The fourth-order valence-corrected chi connectivity index (χ4v) is 3.81. The van der Waals surface area contributed by atoms with E-state index in [1.54, 1.807) is 30.3 Å². The highest BCUT2D eigenvalue weighted by atomic mass is 32.1. The van der Waals surface area contributed by atoms with Gasteiger partial charge in [-0.05, 0) is 11.6 Å². The molecule has 2 aromatic heterocycles. The van der Waals surface area contributed by atoms with Gasteiger partial charge in [0.2, 0.25) is 0 Å². The van der Waals surface area contributed by atoms with Gasteiger partial charge in [-0.25, -0.2) is 0 Å². The quantitative estimate of drug-likeness (QED) is 0.510. The molecular formula is C19H13NO3S. The standard InChI is InChI=1S/C19H13NO3S/c21-14-9-5-4-8-12(14)13-10-24-19-16(13)17(22)15(18(23)20-19)11-6-2-1-3-7-11/h1-10,21H,(H2,20,22,23). The van der Waals surface area contributed by atoms with Crippen molar-refractivity contribution in [1.82, 2.24) is 4.98 Å². The first kappa shape index (κ1) is 14.5. The van der Waals surface area contributed by atoms with Crippen LogP contribution in [0.1, 0.15) is 0 Å². The highest BCUT2D eigenvalue weighted by molar-refractivity contribution is 7.17. The van der Waals surface area contributed by atoms with Crippen molar-refractivity contribution in [3.8, 4) is 33.8 Å². The molecule has 0 saturated heterocycles. The number of phenols is 1. The molecule has 4 aromatic rings. The minimum absolute atomic E-state index is 0.0700. The number of phenolic OH excluding ortho intramolecular Hbond substituents is 1. The van der Waals surface area contributed by atoms with Crippen LogP contribution in [0.5, 0.6) is 11.5 Å². The third-order valence-corrected chi connectivity index (χ3v) is 4.87. The van der Waals surface area contributed by atoms with E-state index in [-0.39, 0.29) is 22.6 Å². The molecule has 5 heteroatoms. The number of pyridine rings is 1. The molecule has 0 saturated carbocycles. The van der Waals surface area contributed by atoms with Crippen LogP contribution in [0, 0.1) is 0 Å². The van der Waals surface area contributed by atoms with E-state index >= 15 is 0 Å². The van der Waals surface area contributed by atoms with Crippen LogP contribution < -0.4 is 5.56 Å². The summed E-state index contributed by atoms with van der Waals surface area (Å²) in [5, 5.41) is 23.3. The molecule has 4 rings (SSSR count). The first-order valence-electron chi connectivity index (χ1n) is 7.37. The lowest BCUT2D eigenvalue weighted by Gasteiger charge is -2.08. The molecule has 0 aliphatic rings. The summed E-state index contributed by atoms with van der Waals surface area (Å²) in [5.41, 5.74) is 1.85. The Hall–Kier alpha value is -3.05. The molecule has 0 bridgehead atoms. The maximum absolute atomic E-state index is 12.4. The average Bonchev–Trinajstić information content (AvgIpc) is 3.00. The van der Waals surface area contributed by atoms with E-state index < -0.39 is 0 Å². The summed E-state index contributed by atoms with van der Waals surface area (Å²) in [6.07, 6.45) is 0. The van der Waals surface area contributed by atoms with Crippen LogP contribution in [0.4, 0.5) is 0 Å². The van der Waals surface area contributed by atoms with Crippen LogP contribution in [0.15, 0.2) is 64.8 Å². The van der Waals surface area contributed by atoms with Crippen molar-refractivity contribution < 1.29 is 10.2 Å². The van der Waals surface area contributed by atoms with E-state index in [4.69, 9.17) is 0 Å². The van der Waals surface area contributed by atoms with Crippen molar-refractivity contribution in [2.45, 2.75) is 0 Å². The van der Waals surface area contributed by atoms with Gasteiger partial charge >= 0.3 is 0 Å². The van der Waals surface area contributed by atoms with Gasteiger partial charge in [-0.2, -0.15) is 0 Å². The number of aromatic amines is 1. The Morgan fingerprint density at radius 2 is 1.58 bits per heavy atom. The molecule has 2 aromatic carbocycles. The molecule has 3 N–H and O–H groups in total. The van der Waals surface area contributed by atoms with E-state index in [0.717, 1.165) is 0 Å². The number of para-hydroxylation sites is 1. The smallest absolute Gasteiger partial charge is 0.260 e. The lowest BCUT2D eigenvalue weighted by atomic mass is 10.0. The normalized spacial score (nSPS) is 11.0. The van der Waals surface area contributed by atoms with Crippen molar-refractivity contribution in [1.29, 1.82) is 0 Å². The molecule has 0 amide bonds. The summed E-state index contributed by atoms with van der Waals surface area (Å²) < 4.78 is 0. The summed E-state index contributed by atoms with van der Waals surface area (Å²) >= 11 is 1.32. The third-order valence-electron chi connectivity index (χ3n) is 3.98. The van der Waals surface area contributed by atoms with Crippen LogP contribution in [0.2, 0.25) is 0 Å². The Bertz CT molecular complexity index is 1100. The fourth-order valence-electron chi connectivity index (χ4n) is 2.86. The van der Waals surface area contributed by atoms with Gasteiger partial charge in [0.1, 0.15) is 16.3 Å². The minimum atomic E-state index is -0.336. The number of H-pyrrole nitrogens is 1. The number of thiophene rings is 1. The number of nitrogens with one attached hydrogen (secondary N) is 1. The van der Waals surface area contributed by atoms with Gasteiger partial charge in [0, 0.05) is 16.5 Å². The average molecular weight is 335 g/mol. The molecule has 0 fully saturated rings. The summed E-state index contributed by atoms with van der Waals surface area (Å²) in [4.78, 5) is 15.8. The van der Waals surface area contributed by atoms with E-state index in [1.165, 1.54) is 11.3 Å². The van der Waals surface area contributed by atoms with E-state index in [0.29, 0.717) is 26.9 Å². The highest BCUT2D eigenvalue weighted by Gasteiger charge is 2.19. The number of rotatable bonds is 2. The Kier molecular flexibility index (Phi) is 3.36. The van der Waals surface area contributed by atoms with Gasteiger partial charge in [-0.15, -0.1) is 11.3 Å². The molecule has 0 aliphatic heterocycles. The molecule has 0 aliphatic carbocycles. The number of hydrogen-bond acceptors (Lipinski definition) is 4. The van der Waals surface area contributed by atoms with Crippen LogP contribution in [0.3, 0.4) is 0 Å². The second-order valence-electron chi connectivity index (χ2n) is 5.41. The highest BCUT2D eigenvalue weighted by Crippen LogP contribution is 2.43. The lowest BCUT2D eigenvalue weighted by molar-refractivity contribution is 0.477. The molecule has 4 nitrogen and oxygen atoms in total. The van der Waals surface area contributed by atoms with Gasteiger partial charge in [0.05, 0.1) is 10.9 Å². The Morgan fingerprint density at radius 3 is 2.33 bits per heavy atom. The SMILES string of the molecule is O=c1[nH]c2scc(-c3ccccc3O)c2c(O)c1-c1ccccc1. The van der Waals surface area contributed by atoms with Crippen LogP contribution in [0.25, 0.3) is 32.5 Å². The second kappa shape index (κ2) is 5.54. The predicted octanol–water partition coefficient (Wildman–Crippen LogP) is 4.33. The van der Waals surface area contributed by atoms with Gasteiger partial charge in [0.25, 0.3) is 5.56 Å². The fraction of sp³-hybridized carbons (Fsp3) is 0. The molecule has 0 radical (unpaired) electrons. The lowest BCUT2D eigenvalue weighted by Crippen LogP contribution is -2.08. The Morgan fingerprint density at radius 1 is 0.875 bits per heavy atom. The first-order valence-corrected chi connectivity index (χ1v) is 8.25. The Balaban J connectivity index is 2.07. The van der Waals surface area contributed by atoms with Crippen molar-refractivity contribution in [2.24, 2.45) is 0 Å². The summed E-state index contributed by atoms with van der Waals surface area (Å²) in [6.45, 7) is 0. The van der Waals surface area contributed by atoms with Crippen LogP contribution >= 0.6 is 11.3 Å². The third kappa shape index (κ3) is 2.18. The summed E-state index contributed by atoms with van der Waals surface area (Å²) in [6, 6.07) is 16.0. The minimum Gasteiger partial charge on any atom is -0.507 e. The zero-order valence-electron chi connectivity index (χ0n) is 12.5. The van der Waals surface area contributed by atoms with Crippen LogP contribution in [-0.2, 0) is 0 Å². The van der Waals surface area contributed by atoms with Gasteiger partial charge in [-0.1, -0.05) is 48.5 Å². The van der Waals surface area contributed by atoms with E-state index in [1.807, 2.05) is 29.6 Å². The molecule has 0 unspecified atom stereocenters. The van der Waals surface area contributed by atoms with Gasteiger partial charge in [-0.3, -0.25) is 4.79 Å². The molecule has 0 spiro atoms. The van der Waals surface area contributed by atoms with Crippen molar-refractivity contribution >= 4 is 21.6 Å². The topological polar surface area (TPSA) is 73.3 Å². The van der Waals surface area contributed by atoms with Gasteiger partial charge in [0.15, 0.2) is 0 Å². The number of fused-ring (bicyclic) bond motifs is 1. The molecule has 118 valence electrons. The zero-order chi connectivity index (χ0) is 16.7. The molecule has 0 atom stereocenters. The predicted molar refractivity (Wildman–Crippen MR) is 96.6 cm³/mol. The number of benzene rings is 2. The van der Waals surface area contributed by atoms with E-state index in [2.05, 4.69) is 4.98 Å². The number of aromatic hydroxyl groups is 2. The summed E-state index contributed by atoms with van der Waals surface area (Å²) in [7, 11) is 0. The van der Waals surface area contributed by atoms with Crippen molar-refractivity contribution in [2.75, 3.05) is 0 Å². The van der Waals surface area contributed by atoms with Gasteiger partial charge < -0.3 is 15.2 Å².